The normalized spacial score (nSPS) is 9.54. The van der Waals surface area contributed by atoms with Crippen molar-refractivity contribution in [1.29, 1.82) is 0 Å². The van der Waals surface area contributed by atoms with Crippen molar-refractivity contribution in [2.75, 3.05) is 13.6 Å². The van der Waals surface area contributed by atoms with E-state index in [0.717, 1.165) is 6.42 Å². The van der Waals surface area contributed by atoms with Crippen LogP contribution in [-0.4, -0.2) is 30.7 Å². The first-order valence-electron chi connectivity index (χ1n) is 4.02. The number of unbranched alkanes of at least 4 members (excludes halogenated alkanes) is 1. The number of hydrogen-bond acceptors (Lipinski definition) is 2. The molecule has 1 amide bonds. The Balaban J connectivity index is 3.76. The number of allylic oxidation sites excluding steroid dienone is 1. The van der Waals surface area contributed by atoms with E-state index in [1.165, 1.54) is 17.1 Å². The highest BCUT2D eigenvalue weighted by molar-refractivity contribution is 5.90. The molecule has 0 fully saturated rings. The highest BCUT2D eigenvalue weighted by Gasteiger charge is 2.02. The van der Waals surface area contributed by atoms with Crippen molar-refractivity contribution in [1.82, 2.24) is 4.90 Å². The van der Waals surface area contributed by atoms with Gasteiger partial charge in [0.05, 0.1) is 0 Å². The van der Waals surface area contributed by atoms with Crippen molar-refractivity contribution in [2.45, 2.75) is 12.8 Å². The fraction of sp³-hybridized carbons (Fsp3) is 0.400. The summed E-state index contributed by atoms with van der Waals surface area (Å²) in [5.74, 6) is 2.32. The number of aldehydes is 1. The van der Waals surface area contributed by atoms with Gasteiger partial charge in [-0.15, -0.1) is 12.3 Å². The van der Waals surface area contributed by atoms with E-state index in [9.17, 15) is 9.59 Å². The van der Waals surface area contributed by atoms with Gasteiger partial charge < -0.3 is 4.90 Å². The Hall–Kier alpha value is -1.56. The molecular formula is C10H13NO2. The fourth-order valence-corrected chi connectivity index (χ4v) is 0.777. The molecule has 0 rings (SSSR count). The van der Waals surface area contributed by atoms with Crippen molar-refractivity contribution < 1.29 is 9.59 Å². The van der Waals surface area contributed by atoms with Gasteiger partial charge in [-0.05, 0) is 12.5 Å². The van der Waals surface area contributed by atoms with Crippen molar-refractivity contribution in [3.05, 3.63) is 12.2 Å². The molecule has 0 N–H and O–H groups in total. The molecule has 0 aromatic carbocycles. The van der Waals surface area contributed by atoms with E-state index in [-0.39, 0.29) is 5.91 Å². The Labute approximate surface area is 78.4 Å². The van der Waals surface area contributed by atoms with Crippen molar-refractivity contribution in [3.63, 3.8) is 0 Å². The molecule has 0 spiro atoms. The summed E-state index contributed by atoms with van der Waals surface area (Å²) in [6, 6.07) is 0. The first-order valence-corrected chi connectivity index (χ1v) is 4.02. The lowest BCUT2D eigenvalue weighted by molar-refractivity contribution is -0.125. The highest BCUT2D eigenvalue weighted by atomic mass is 16.2. The number of terminal acetylenes is 1. The molecule has 0 aliphatic rings. The van der Waals surface area contributed by atoms with Crippen LogP contribution in [0.5, 0.6) is 0 Å². The van der Waals surface area contributed by atoms with E-state index in [2.05, 4.69) is 5.92 Å². The molecule has 0 saturated heterocycles. The summed E-state index contributed by atoms with van der Waals surface area (Å²) < 4.78 is 0. The van der Waals surface area contributed by atoms with Crippen molar-refractivity contribution >= 4 is 12.2 Å². The van der Waals surface area contributed by atoms with Gasteiger partial charge in [-0.2, -0.15) is 0 Å². The minimum Gasteiger partial charge on any atom is -0.342 e. The second kappa shape index (κ2) is 7.11. The molecule has 13 heavy (non-hydrogen) atoms. The van der Waals surface area contributed by atoms with E-state index >= 15 is 0 Å². The Morgan fingerprint density at radius 2 is 2.31 bits per heavy atom. The molecule has 3 nitrogen and oxygen atoms in total. The van der Waals surface area contributed by atoms with Gasteiger partial charge in [0.1, 0.15) is 6.29 Å². The Bertz CT molecular complexity index is 238. The average molecular weight is 179 g/mol. The SMILES string of the molecule is C#CCCCN(C)C(=O)/C=C\C=O. The molecule has 0 saturated carbocycles. The average Bonchev–Trinajstić information content (AvgIpc) is 2.14. The van der Waals surface area contributed by atoms with Crippen LogP contribution in [0.1, 0.15) is 12.8 Å². The zero-order chi connectivity index (χ0) is 10.1. The maximum atomic E-state index is 11.1. The number of rotatable bonds is 5. The topological polar surface area (TPSA) is 37.4 Å². The van der Waals surface area contributed by atoms with Crippen LogP contribution in [0.2, 0.25) is 0 Å². The lowest BCUT2D eigenvalue weighted by atomic mass is 10.3. The molecule has 3 heteroatoms. The van der Waals surface area contributed by atoms with Gasteiger partial charge in [-0.1, -0.05) is 0 Å². The fourth-order valence-electron chi connectivity index (χ4n) is 0.777. The zero-order valence-corrected chi connectivity index (χ0v) is 7.69. The monoisotopic (exact) mass is 179 g/mol. The van der Waals surface area contributed by atoms with Crippen molar-refractivity contribution in [2.24, 2.45) is 0 Å². The number of carbonyl (C=O) groups excluding carboxylic acids is 2. The van der Waals surface area contributed by atoms with E-state index in [0.29, 0.717) is 19.3 Å². The van der Waals surface area contributed by atoms with Gasteiger partial charge >= 0.3 is 0 Å². The van der Waals surface area contributed by atoms with Crippen molar-refractivity contribution in [3.8, 4) is 12.3 Å². The summed E-state index contributed by atoms with van der Waals surface area (Å²) >= 11 is 0. The third kappa shape index (κ3) is 5.68. The lowest BCUT2D eigenvalue weighted by Crippen LogP contribution is -2.25. The third-order valence-electron chi connectivity index (χ3n) is 1.51. The summed E-state index contributed by atoms with van der Waals surface area (Å²) in [7, 11) is 1.67. The van der Waals surface area contributed by atoms with Crippen LogP contribution < -0.4 is 0 Å². The number of amides is 1. The molecule has 70 valence electrons. The summed E-state index contributed by atoms with van der Waals surface area (Å²) in [5.41, 5.74) is 0. The van der Waals surface area contributed by atoms with E-state index in [4.69, 9.17) is 6.42 Å². The first kappa shape index (κ1) is 11.4. The second-order valence-corrected chi connectivity index (χ2v) is 2.56. The summed E-state index contributed by atoms with van der Waals surface area (Å²) in [6.07, 6.45) is 9.50. The van der Waals surface area contributed by atoms with Crippen LogP contribution in [0, 0.1) is 12.3 Å². The minimum absolute atomic E-state index is 0.177. The van der Waals surface area contributed by atoms with Crippen LogP contribution >= 0.6 is 0 Å². The summed E-state index contributed by atoms with van der Waals surface area (Å²) in [5, 5.41) is 0. The molecule has 0 aromatic rings. The summed E-state index contributed by atoms with van der Waals surface area (Å²) in [6.45, 7) is 0.617. The second-order valence-electron chi connectivity index (χ2n) is 2.56. The molecule has 0 radical (unpaired) electrons. The Morgan fingerprint density at radius 3 is 2.85 bits per heavy atom. The number of hydrogen-bond donors (Lipinski definition) is 0. The Morgan fingerprint density at radius 1 is 1.62 bits per heavy atom. The van der Waals surface area contributed by atoms with Crippen LogP contribution in [-0.2, 0) is 9.59 Å². The van der Waals surface area contributed by atoms with Crippen LogP contribution in [0.3, 0.4) is 0 Å². The van der Waals surface area contributed by atoms with Crippen LogP contribution in [0.15, 0.2) is 12.2 Å². The highest BCUT2D eigenvalue weighted by Crippen LogP contribution is 1.92. The molecule has 0 aliphatic carbocycles. The van der Waals surface area contributed by atoms with Gasteiger partial charge in [0.2, 0.25) is 5.91 Å². The quantitative estimate of drug-likeness (QED) is 0.268. The first-order chi connectivity index (χ1) is 6.22. The predicted molar refractivity (Wildman–Crippen MR) is 50.9 cm³/mol. The Kier molecular flexibility index (Phi) is 6.26. The largest absolute Gasteiger partial charge is 0.342 e. The molecule has 0 unspecified atom stereocenters. The smallest absolute Gasteiger partial charge is 0.246 e. The van der Waals surface area contributed by atoms with E-state index in [1.54, 1.807) is 7.05 Å². The van der Waals surface area contributed by atoms with E-state index < -0.39 is 0 Å². The standard InChI is InChI=1S/C10H13NO2/c1-3-4-5-8-11(2)10(13)7-6-9-12/h1,6-7,9H,4-5,8H2,2H3/b7-6-. The lowest BCUT2D eigenvalue weighted by Gasteiger charge is -2.13. The van der Waals surface area contributed by atoms with E-state index in [1.807, 2.05) is 0 Å². The number of nitrogens with zero attached hydrogens (tertiary/aromatic N) is 1. The van der Waals surface area contributed by atoms with Gasteiger partial charge in [-0.3, -0.25) is 9.59 Å². The molecular weight excluding hydrogens is 166 g/mol. The van der Waals surface area contributed by atoms with Gasteiger partial charge in [-0.25, -0.2) is 0 Å². The molecule has 0 atom stereocenters. The van der Waals surface area contributed by atoms with Gasteiger partial charge in [0.15, 0.2) is 0 Å². The number of carbonyl (C=O) groups is 2. The summed E-state index contributed by atoms with van der Waals surface area (Å²) in [4.78, 5) is 22.6. The minimum atomic E-state index is -0.177. The van der Waals surface area contributed by atoms with Gasteiger partial charge in [0.25, 0.3) is 0 Å². The number of likely N-dealkylation sites (N-methyl/N-ethyl adjacent to an activating group) is 1. The predicted octanol–water partition coefficient (Wildman–Crippen LogP) is 0.613. The molecule has 0 aliphatic heterocycles. The van der Waals surface area contributed by atoms with Crippen LogP contribution in [0.25, 0.3) is 0 Å². The maximum Gasteiger partial charge on any atom is 0.246 e. The van der Waals surface area contributed by atoms with Gasteiger partial charge in [0, 0.05) is 26.1 Å². The maximum absolute atomic E-state index is 11.1. The van der Waals surface area contributed by atoms with Crippen LogP contribution in [0.4, 0.5) is 0 Å². The third-order valence-corrected chi connectivity index (χ3v) is 1.51. The molecule has 0 aromatic heterocycles. The molecule has 0 heterocycles. The zero-order valence-electron chi connectivity index (χ0n) is 7.69. The molecule has 0 bridgehead atoms.